The van der Waals surface area contributed by atoms with Crippen molar-refractivity contribution in [2.24, 2.45) is 0 Å². The Balaban J connectivity index is 2.04. The van der Waals surface area contributed by atoms with Crippen molar-refractivity contribution in [3.05, 3.63) is 57.5 Å². The van der Waals surface area contributed by atoms with Crippen LogP contribution >= 0.6 is 27.5 Å². The Hall–Kier alpha value is -1.61. The minimum Gasteiger partial charge on any atom is -0.490 e. The van der Waals surface area contributed by atoms with Crippen molar-refractivity contribution < 1.29 is 22.7 Å². The van der Waals surface area contributed by atoms with Gasteiger partial charge in [0.05, 0.1) is 10.6 Å². The molecule has 0 fully saturated rings. The minimum absolute atomic E-state index is 0.0199. The average Bonchev–Trinajstić information content (AvgIpc) is 2.66. The second kappa shape index (κ2) is 10.2. The predicted octanol–water partition coefficient (Wildman–Crippen LogP) is 4.37. The lowest BCUT2D eigenvalue weighted by Crippen LogP contribution is -2.31. The van der Waals surface area contributed by atoms with Gasteiger partial charge < -0.3 is 9.47 Å². The van der Waals surface area contributed by atoms with Crippen LogP contribution in [0.3, 0.4) is 0 Å². The molecule has 0 aliphatic heterocycles. The monoisotopic (exact) mass is 489 g/mol. The van der Waals surface area contributed by atoms with Crippen molar-refractivity contribution >= 4 is 43.5 Å². The molecule has 6 nitrogen and oxygen atoms in total. The highest BCUT2D eigenvalue weighted by atomic mass is 79.9. The Morgan fingerprint density at radius 3 is 2.46 bits per heavy atom. The van der Waals surface area contributed by atoms with E-state index < -0.39 is 16.0 Å². The Bertz CT molecular complexity index is 932. The molecule has 9 heteroatoms. The molecule has 2 rings (SSSR count). The summed E-state index contributed by atoms with van der Waals surface area (Å²) in [6.07, 6.45) is 0. The van der Waals surface area contributed by atoms with Crippen LogP contribution in [0.2, 0.25) is 5.02 Å². The maximum Gasteiger partial charge on any atom is 0.338 e. The molecule has 0 aliphatic rings. The number of hydrogen-bond acceptors (Lipinski definition) is 5. The fraction of sp³-hybridized carbons (Fsp3) is 0.316. The highest BCUT2D eigenvalue weighted by molar-refractivity contribution is 9.10. The summed E-state index contributed by atoms with van der Waals surface area (Å²) in [4.78, 5) is 12.2. The lowest BCUT2D eigenvalue weighted by atomic mass is 10.2. The zero-order valence-corrected chi connectivity index (χ0v) is 18.7. The maximum atomic E-state index is 12.7. The summed E-state index contributed by atoms with van der Waals surface area (Å²) in [5.74, 6) is -0.00461. The summed E-state index contributed by atoms with van der Waals surface area (Å²) < 4.78 is 38.2. The SMILES string of the molecule is CCN(CC)S(=O)(=O)c1cc(C(=O)OCCOc2cccc(Br)c2)ccc1Cl. The zero-order valence-electron chi connectivity index (χ0n) is 15.5. The van der Waals surface area contributed by atoms with Gasteiger partial charge in [0.2, 0.25) is 10.0 Å². The van der Waals surface area contributed by atoms with Crippen molar-refractivity contribution in [2.45, 2.75) is 18.7 Å². The molecule has 2 aromatic rings. The summed E-state index contributed by atoms with van der Waals surface area (Å²) in [6.45, 7) is 4.26. The van der Waals surface area contributed by atoms with Gasteiger partial charge in [-0.2, -0.15) is 4.31 Å². The number of carbonyl (C=O) groups is 1. The largest absolute Gasteiger partial charge is 0.490 e. The third-order valence-corrected chi connectivity index (χ3v) is 6.90. The van der Waals surface area contributed by atoms with Gasteiger partial charge in [0.25, 0.3) is 0 Å². The molecule has 0 atom stereocenters. The van der Waals surface area contributed by atoms with Gasteiger partial charge in [0, 0.05) is 17.6 Å². The fourth-order valence-electron chi connectivity index (χ4n) is 2.46. The summed E-state index contributed by atoms with van der Waals surface area (Å²) >= 11 is 9.41. The molecular formula is C19H21BrClNO5S. The number of esters is 1. The molecule has 0 saturated heterocycles. The van der Waals surface area contributed by atoms with Crippen molar-refractivity contribution in [1.29, 1.82) is 0 Å². The minimum atomic E-state index is -3.79. The Labute approximate surface area is 178 Å². The number of benzene rings is 2. The molecule has 0 heterocycles. The highest BCUT2D eigenvalue weighted by Crippen LogP contribution is 2.26. The molecule has 0 N–H and O–H groups in total. The first-order chi connectivity index (χ1) is 13.3. The topological polar surface area (TPSA) is 72.9 Å². The van der Waals surface area contributed by atoms with E-state index in [1.54, 1.807) is 26.0 Å². The molecule has 0 bridgehead atoms. The zero-order chi connectivity index (χ0) is 20.7. The highest BCUT2D eigenvalue weighted by Gasteiger charge is 2.25. The molecule has 28 heavy (non-hydrogen) atoms. The van der Waals surface area contributed by atoms with E-state index in [9.17, 15) is 13.2 Å². The second-order valence-electron chi connectivity index (χ2n) is 5.68. The van der Waals surface area contributed by atoms with Crippen LogP contribution in [0.15, 0.2) is 51.8 Å². The Kier molecular flexibility index (Phi) is 8.30. The smallest absolute Gasteiger partial charge is 0.338 e. The van der Waals surface area contributed by atoms with Crippen LogP contribution in [0.5, 0.6) is 5.75 Å². The van der Waals surface area contributed by atoms with E-state index in [1.807, 2.05) is 12.1 Å². The van der Waals surface area contributed by atoms with Crippen LogP contribution in [0.25, 0.3) is 0 Å². The summed E-state index contributed by atoms with van der Waals surface area (Å²) in [7, 11) is -3.79. The van der Waals surface area contributed by atoms with Crippen molar-refractivity contribution in [2.75, 3.05) is 26.3 Å². The number of nitrogens with zero attached hydrogens (tertiary/aromatic N) is 1. The molecule has 0 aliphatic carbocycles. The van der Waals surface area contributed by atoms with Gasteiger partial charge in [-0.25, -0.2) is 13.2 Å². The normalized spacial score (nSPS) is 11.5. The van der Waals surface area contributed by atoms with Crippen molar-refractivity contribution in [1.82, 2.24) is 4.31 Å². The lowest BCUT2D eigenvalue weighted by molar-refractivity contribution is 0.0450. The van der Waals surface area contributed by atoms with E-state index in [-0.39, 0.29) is 28.7 Å². The third kappa shape index (κ3) is 5.70. The summed E-state index contributed by atoms with van der Waals surface area (Å²) in [5, 5.41) is 0.0569. The number of halogens is 2. The number of rotatable bonds is 9. The van der Waals surface area contributed by atoms with Crippen LogP contribution in [-0.2, 0) is 14.8 Å². The molecule has 0 aromatic heterocycles. The van der Waals surface area contributed by atoms with Crippen LogP contribution in [0.4, 0.5) is 0 Å². The van der Waals surface area contributed by atoms with Gasteiger partial charge in [-0.05, 0) is 36.4 Å². The number of hydrogen-bond donors (Lipinski definition) is 0. The average molecular weight is 491 g/mol. The quantitative estimate of drug-likeness (QED) is 0.385. The third-order valence-electron chi connectivity index (χ3n) is 3.87. The Morgan fingerprint density at radius 1 is 1.11 bits per heavy atom. The molecular weight excluding hydrogens is 470 g/mol. The van der Waals surface area contributed by atoms with Crippen LogP contribution in [0.1, 0.15) is 24.2 Å². The standard InChI is InChI=1S/C19H21BrClNO5S/c1-3-22(4-2)28(24,25)18-12-14(8-9-17(18)21)19(23)27-11-10-26-16-7-5-6-15(20)13-16/h5-9,12-13H,3-4,10-11H2,1-2H3. The van der Waals surface area contributed by atoms with Gasteiger partial charge in [0.15, 0.2) is 0 Å². The fourth-order valence-corrected chi connectivity index (χ4v) is 4.80. The second-order valence-corrected chi connectivity index (χ2v) is 8.91. The summed E-state index contributed by atoms with van der Waals surface area (Å²) in [5.41, 5.74) is 0.109. The number of ether oxygens (including phenoxy) is 2. The molecule has 0 saturated carbocycles. The van der Waals surface area contributed by atoms with Gasteiger partial charge in [-0.3, -0.25) is 0 Å². The number of sulfonamides is 1. The molecule has 0 spiro atoms. The van der Waals surface area contributed by atoms with E-state index in [1.165, 1.54) is 22.5 Å². The van der Waals surface area contributed by atoms with Crippen LogP contribution in [-0.4, -0.2) is 45.0 Å². The van der Waals surface area contributed by atoms with Crippen LogP contribution < -0.4 is 4.74 Å². The predicted molar refractivity (Wildman–Crippen MR) is 111 cm³/mol. The van der Waals surface area contributed by atoms with E-state index in [0.717, 1.165) is 4.47 Å². The van der Waals surface area contributed by atoms with Crippen molar-refractivity contribution in [3.63, 3.8) is 0 Å². The Morgan fingerprint density at radius 2 is 1.82 bits per heavy atom. The first-order valence-corrected chi connectivity index (χ1v) is 11.3. The van der Waals surface area contributed by atoms with E-state index in [2.05, 4.69) is 15.9 Å². The first kappa shape index (κ1) is 22.7. The van der Waals surface area contributed by atoms with Crippen molar-refractivity contribution in [3.8, 4) is 5.75 Å². The van der Waals surface area contributed by atoms with E-state index in [0.29, 0.717) is 18.8 Å². The first-order valence-electron chi connectivity index (χ1n) is 8.64. The molecule has 0 unspecified atom stereocenters. The summed E-state index contributed by atoms with van der Waals surface area (Å²) in [6, 6.07) is 11.3. The molecule has 0 amide bonds. The molecule has 0 radical (unpaired) electrons. The van der Waals surface area contributed by atoms with Gasteiger partial charge in [0.1, 0.15) is 23.9 Å². The van der Waals surface area contributed by atoms with E-state index in [4.69, 9.17) is 21.1 Å². The van der Waals surface area contributed by atoms with Gasteiger partial charge >= 0.3 is 5.97 Å². The van der Waals surface area contributed by atoms with Gasteiger partial charge in [-0.1, -0.05) is 47.4 Å². The number of carbonyl (C=O) groups excluding carboxylic acids is 1. The molecule has 152 valence electrons. The van der Waals surface area contributed by atoms with Gasteiger partial charge in [-0.15, -0.1) is 0 Å². The lowest BCUT2D eigenvalue weighted by Gasteiger charge is -2.19. The maximum absolute atomic E-state index is 12.7. The molecule has 2 aromatic carbocycles. The van der Waals surface area contributed by atoms with Crippen LogP contribution in [0, 0.1) is 0 Å². The van der Waals surface area contributed by atoms with E-state index >= 15 is 0 Å².